The number of benzene rings is 2. The van der Waals surface area contributed by atoms with Gasteiger partial charge in [0.2, 0.25) is 0 Å². The average Bonchev–Trinajstić information content (AvgIpc) is 3.32. The fourth-order valence-electron chi connectivity index (χ4n) is 3.22. The minimum atomic E-state index is -3.85. The number of nitrogens with one attached hydrogen (secondary N) is 2. The average molecular weight is 535 g/mol. The van der Waals surface area contributed by atoms with Crippen LogP contribution in [-0.4, -0.2) is 47.4 Å². The molecule has 0 aliphatic carbocycles. The first kappa shape index (κ1) is 27.3. The van der Waals surface area contributed by atoms with E-state index in [0.717, 1.165) is 11.3 Å². The van der Waals surface area contributed by atoms with Gasteiger partial charge in [0.1, 0.15) is 21.3 Å². The Morgan fingerprint density at radius 1 is 0.917 bits per heavy atom. The Morgan fingerprint density at radius 3 is 2.33 bits per heavy atom. The summed E-state index contributed by atoms with van der Waals surface area (Å²) in [6.45, 7) is 5.33. The normalized spacial score (nSPS) is 11.6. The number of thiophene rings is 1. The molecule has 0 saturated carbocycles. The first-order valence-electron chi connectivity index (χ1n) is 11.1. The number of carbonyl (C=O) groups excluding carboxylic acids is 1. The first-order chi connectivity index (χ1) is 17.0. The van der Waals surface area contributed by atoms with E-state index in [9.17, 15) is 13.2 Å². The molecule has 0 unspecified atom stereocenters. The maximum absolute atomic E-state index is 13.1. The second kappa shape index (κ2) is 11.6. The lowest BCUT2D eigenvalue weighted by atomic mass is 10.1. The van der Waals surface area contributed by atoms with Crippen molar-refractivity contribution in [3.63, 3.8) is 0 Å². The van der Waals surface area contributed by atoms with Gasteiger partial charge in [-0.15, -0.1) is 11.3 Å². The summed E-state index contributed by atoms with van der Waals surface area (Å²) in [7, 11) is -0.769. The van der Waals surface area contributed by atoms with Crippen LogP contribution in [0, 0.1) is 0 Å². The molecule has 0 atom stereocenters. The van der Waals surface area contributed by atoms with E-state index >= 15 is 0 Å². The van der Waals surface area contributed by atoms with E-state index in [0.29, 0.717) is 34.1 Å². The molecule has 11 heteroatoms. The molecule has 36 heavy (non-hydrogen) atoms. The maximum Gasteiger partial charge on any atom is 0.407 e. The smallest absolute Gasteiger partial charge is 0.407 e. The van der Waals surface area contributed by atoms with Crippen molar-refractivity contribution in [3.05, 3.63) is 53.9 Å². The van der Waals surface area contributed by atoms with Gasteiger partial charge in [-0.25, -0.2) is 17.9 Å². The van der Waals surface area contributed by atoms with Crippen LogP contribution in [0.2, 0.25) is 0 Å². The monoisotopic (exact) mass is 534 g/mol. The Hall–Kier alpha value is -3.28. The minimum Gasteiger partial charge on any atom is -0.493 e. The summed E-state index contributed by atoms with van der Waals surface area (Å²) in [6, 6.07) is 14.1. The zero-order valence-electron chi connectivity index (χ0n) is 20.8. The standard InChI is InChI=1S/C25H30N2O7S2/c1-25(2,3)34-24(28)26-13-14-27-36(29,30)23-19(12-15-35-23)18-8-6-7-9-20(18)33-17-10-11-21(31-4)22(16-17)32-5/h6-12,15-16,27H,13-14H2,1-5H3,(H,26,28). The van der Waals surface area contributed by atoms with Crippen LogP contribution in [-0.2, 0) is 14.8 Å². The van der Waals surface area contributed by atoms with Crippen molar-refractivity contribution < 1.29 is 32.2 Å². The van der Waals surface area contributed by atoms with Crippen molar-refractivity contribution in [2.24, 2.45) is 0 Å². The summed E-state index contributed by atoms with van der Waals surface area (Å²) in [4.78, 5) is 11.8. The van der Waals surface area contributed by atoms with Gasteiger partial charge in [-0.3, -0.25) is 0 Å². The molecule has 3 aromatic rings. The molecule has 1 aromatic heterocycles. The highest BCUT2D eigenvalue weighted by molar-refractivity contribution is 7.91. The first-order valence-corrected chi connectivity index (χ1v) is 13.4. The number of hydrogen-bond donors (Lipinski definition) is 2. The topological polar surface area (TPSA) is 112 Å². The summed E-state index contributed by atoms with van der Waals surface area (Å²) >= 11 is 1.09. The Balaban J connectivity index is 1.77. The maximum atomic E-state index is 13.1. The lowest BCUT2D eigenvalue weighted by Gasteiger charge is -2.19. The van der Waals surface area contributed by atoms with Crippen LogP contribution in [0.4, 0.5) is 4.79 Å². The Bertz CT molecular complexity index is 1300. The van der Waals surface area contributed by atoms with Gasteiger partial charge >= 0.3 is 6.09 Å². The molecule has 2 aromatic carbocycles. The van der Waals surface area contributed by atoms with Crippen molar-refractivity contribution in [1.82, 2.24) is 10.0 Å². The summed E-state index contributed by atoms with van der Waals surface area (Å²) in [6.07, 6.45) is -0.611. The van der Waals surface area contributed by atoms with Crippen LogP contribution in [0.15, 0.2) is 58.1 Å². The third-order valence-electron chi connectivity index (χ3n) is 4.72. The number of ether oxygens (including phenoxy) is 4. The number of hydrogen-bond acceptors (Lipinski definition) is 8. The van der Waals surface area contributed by atoms with E-state index < -0.39 is 21.7 Å². The van der Waals surface area contributed by atoms with E-state index in [1.54, 1.807) is 75.7 Å². The van der Waals surface area contributed by atoms with Crippen LogP contribution in [0.25, 0.3) is 11.1 Å². The predicted molar refractivity (Wildman–Crippen MR) is 139 cm³/mol. The molecule has 0 saturated heterocycles. The molecule has 0 radical (unpaired) electrons. The van der Waals surface area contributed by atoms with Gasteiger partial charge in [0.15, 0.2) is 11.5 Å². The highest BCUT2D eigenvalue weighted by Crippen LogP contribution is 2.40. The summed E-state index contributed by atoms with van der Waals surface area (Å²) in [5.41, 5.74) is 0.478. The number of rotatable bonds is 10. The van der Waals surface area contributed by atoms with Crippen molar-refractivity contribution in [1.29, 1.82) is 0 Å². The summed E-state index contributed by atoms with van der Waals surface area (Å²) < 4.78 is 50.7. The van der Waals surface area contributed by atoms with Gasteiger partial charge < -0.3 is 24.3 Å². The number of amides is 1. The molecule has 1 amide bonds. The van der Waals surface area contributed by atoms with Crippen molar-refractivity contribution in [2.75, 3.05) is 27.3 Å². The van der Waals surface area contributed by atoms with Crippen molar-refractivity contribution in [3.8, 4) is 34.1 Å². The SMILES string of the molecule is COc1ccc(Oc2ccccc2-c2ccsc2S(=O)(=O)NCCNC(=O)OC(C)(C)C)cc1OC. The zero-order valence-corrected chi connectivity index (χ0v) is 22.4. The van der Waals surface area contributed by atoms with Gasteiger partial charge in [0.05, 0.1) is 14.2 Å². The number of methoxy groups -OCH3 is 2. The summed E-state index contributed by atoms with van der Waals surface area (Å²) in [5.74, 6) is 2.06. The highest BCUT2D eigenvalue weighted by Gasteiger charge is 2.23. The van der Waals surface area contributed by atoms with Crippen LogP contribution in [0.1, 0.15) is 20.8 Å². The second-order valence-electron chi connectivity index (χ2n) is 8.56. The second-order valence-corrected chi connectivity index (χ2v) is 11.4. The van der Waals surface area contributed by atoms with E-state index in [4.69, 9.17) is 18.9 Å². The van der Waals surface area contributed by atoms with Gasteiger partial charge in [-0.2, -0.15) is 0 Å². The molecule has 0 aliphatic rings. The molecular weight excluding hydrogens is 504 g/mol. The molecule has 0 fully saturated rings. The highest BCUT2D eigenvalue weighted by atomic mass is 32.2. The van der Waals surface area contributed by atoms with Gasteiger partial charge in [-0.1, -0.05) is 18.2 Å². The third-order valence-corrected chi connectivity index (χ3v) is 7.66. The predicted octanol–water partition coefficient (Wildman–Crippen LogP) is 5.03. The lowest BCUT2D eigenvalue weighted by molar-refractivity contribution is 0.0529. The minimum absolute atomic E-state index is 0.00268. The van der Waals surface area contributed by atoms with Crippen LogP contribution < -0.4 is 24.2 Å². The van der Waals surface area contributed by atoms with Crippen molar-refractivity contribution >= 4 is 27.5 Å². The van der Waals surface area contributed by atoms with Crippen molar-refractivity contribution in [2.45, 2.75) is 30.6 Å². The number of para-hydroxylation sites is 1. The van der Waals surface area contributed by atoms with Gasteiger partial charge in [0, 0.05) is 30.3 Å². The van der Waals surface area contributed by atoms with E-state index in [1.165, 1.54) is 7.11 Å². The number of carbonyl (C=O) groups is 1. The largest absolute Gasteiger partial charge is 0.493 e. The molecule has 1 heterocycles. The van der Waals surface area contributed by atoms with Gasteiger partial charge in [0.25, 0.3) is 10.0 Å². The Morgan fingerprint density at radius 2 is 1.64 bits per heavy atom. The summed E-state index contributed by atoms with van der Waals surface area (Å²) in [5, 5.41) is 4.24. The van der Waals surface area contributed by atoms with Crippen LogP contribution >= 0.6 is 11.3 Å². The Kier molecular flexibility index (Phi) is 8.83. The molecule has 0 spiro atoms. The zero-order chi connectivity index (χ0) is 26.3. The molecule has 0 bridgehead atoms. The molecule has 194 valence electrons. The van der Waals surface area contributed by atoms with Gasteiger partial charge in [-0.05, 0) is 50.4 Å². The molecule has 0 aliphatic heterocycles. The third kappa shape index (κ3) is 7.12. The van der Waals surface area contributed by atoms with Crippen LogP contribution in [0.3, 0.4) is 0 Å². The molecule has 9 nitrogen and oxygen atoms in total. The molecule has 2 N–H and O–H groups in total. The number of alkyl carbamates (subject to hydrolysis) is 1. The quantitative estimate of drug-likeness (QED) is 0.351. The van der Waals surface area contributed by atoms with Crippen LogP contribution in [0.5, 0.6) is 23.0 Å². The van der Waals surface area contributed by atoms with E-state index in [2.05, 4.69) is 10.0 Å². The fraction of sp³-hybridized carbons (Fsp3) is 0.320. The molecular formula is C25H30N2O7S2. The number of sulfonamides is 1. The molecule has 3 rings (SSSR count). The lowest BCUT2D eigenvalue weighted by Crippen LogP contribution is -2.37. The van der Waals surface area contributed by atoms with E-state index in [1.807, 2.05) is 6.07 Å². The van der Waals surface area contributed by atoms with E-state index in [-0.39, 0.29) is 17.3 Å². The Labute approximate surface area is 215 Å². The fourth-order valence-corrected chi connectivity index (χ4v) is 5.67.